The van der Waals surface area contributed by atoms with Crippen molar-refractivity contribution in [2.75, 3.05) is 23.8 Å². The van der Waals surface area contributed by atoms with Gasteiger partial charge in [0.15, 0.2) is 9.84 Å². The van der Waals surface area contributed by atoms with E-state index in [1.54, 1.807) is 18.7 Å². The van der Waals surface area contributed by atoms with E-state index in [0.717, 1.165) is 11.4 Å². The van der Waals surface area contributed by atoms with E-state index in [-0.39, 0.29) is 11.5 Å². The lowest BCUT2D eigenvalue weighted by atomic mass is 10.1. The third-order valence-electron chi connectivity index (χ3n) is 2.99. The second-order valence-electron chi connectivity index (χ2n) is 4.43. The number of thioether (sulfide) groups is 1. The van der Waals surface area contributed by atoms with Crippen LogP contribution in [0.25, 0.3) is 0 Å². The molecule has 1 unspecified atom stereocenters. The molecule has 0 radical (unpaired) electrons. The quantitative estimate of drug-likeness (QED) is 0.750. The zero-order chi connectivity index (χ0) is 14.3. The van der Waals surface area contributed by atoms with E-state index in [4.69, 9.17) is 0 Å². The van der Waals surface area contributed by atoms with E-state index in [2.05, 4.69) is 43.4 Å². The number of hydrogen-bond acceptors (Lipinski definition) is 4. The Morgan fingerprint density at radius 3 is 2.37 bits per heavy atom. The van der Waals surface area contributed by atoms with Crippen molar-refractivity contribution in [1.29, 1.82) is 0 Å². The van der Waals surface area contributed by atoms with Crippen molar-refractivity contribution in [2.24, 2.45) is 0 Å². The Bertz CT molecular complexity index is 469. The van der Waals surface area contributed by atoms with Gasteiger partial charge in [0.2, 0.25) is 0 Å². The average Bonchev–Trinajstić information content (AvgIpc) is 2.39. The normalized spacial score (nSPS) is 13.4. The minimum Gasteiger partial charge on any atom is -0.310 e. The third kappa shape index (κ3) is 5.97. The van der Waals surface area contributed by atoms with Gasteiger partial charge >= 0.3 is 0 Å². The standard InChI is InChI=1S/C14H23NO2S2/c1-4-15-12(3)13-6-8-14(9-7-13)18-10-11-19(16,17)5-2/h6-9,12,15H,4-5,10-11H2,1-3H3. The van der Waals surface area contributed by atoms with Crippen LogP contribution in [0.15, 0.2) is 29.2 Å². The Hall–Kier alpha value is -0.520. The van der Waals surface area contributed by atoms with Crippen molar-refractivity contribution in [3.63, 3.8) is 0 Å². The van der Waals surface area contributed by atoms with Crippen molar-refractivity contribution >= 4 is 21.6 Å². The Balaban J connectivity index is 2.49. The van der Waals surface area contributed by atoms with Crippen molar-refractivity contribution in [1.82, 2.24) is 5.32 Å². The molecular weight excluding hydrogens is 278 g/mol. The molecule has 5 heteroatoms. The Morgan fingerprint density at radius 1 is 1.21 bits per heavy atom. The number of hydrogen-bond donors (Lipinski definition) is 1. The first-order valence-electron chi connectivity index (χ1n) is 6.65. The van der Waals surface area contributed by atoms with Crippen LogP contribution >= 0.6 is 11.8 Å². The van der Waals surface area contributed by atoms with Gasteiger partial charge in [0.05, 0.1) is 5.75 Å². The van der Waals surface area contributed by atoms with Crippen LogP contribution in [0.4, 0.5) is 0 Å². The second-order valence-corrected chi connectivity index (χ2v) is 8.07. The van der Waals surface area contributed by atoms with E-state index in [0.29, 0.717) is 11.8 Å². The lowest BCUT2D eigenvalue weighted by molar-refractivity contribution is 0.598. The van der Waals surface area contributed by atoms with Crippen molar-refractivity contribution in [2.45, 2.75) is 31.7 Å². The van der Waals surface area contributed by atoms with Gasteiger partial charge in [0.1, 0.15) is 0 Å². The molecule has 1 aromatic rings. The van der Waals surface area contributed by atoms with Gasteiger partial charge < -0.3 is 5.32 Å². The maximum absolute atomic E-state index is 11.4. The van der Waals surface area contributed by atoms with Crippen molar-refractivity contribution < 1.29 is 8.42 Å². The van der Waals surface area contributed by atoms with Gasteiger partial charge in [-0.05, 0) is 31.2 Å². The van der Waals surface area contributed by atoms with Crippen LogP contribution in [0.5, 0.6) is 0 Å². The van der Waals surface area contributed by atoms with Crippen LogP contribution in [0.2, 0.25) is 0 Å². The topological polar surface area (TPSA) is 46.2 Å². The van der Waals surface area contributed by atoms with Gasteiger partial charge in [-0.2, -0.15) is 0 Å². The highest BCUT2D eigenvalue weighted by atomic mass is 32.2. The summed E-state index contributed by atoms with van der Waals surface area (Å²) in [5.74, 6) is 1.11. The van der Waals surface area contributed by atoms with Crippen LogP contribution < -0.4 is 5.32 Å². The molecular formula is C14H23NO2S2. The third-order valence-corrected chi connectivity index (χ3v) is 5.97. The highest BCUT2D eigenvalue weighted by molar-refractivity contribution is 8.00. The SMILES string of the molecule is CCNC(C)c1ccc(SCCS(=O)(=O)CC)cc1. The Morgan fingerprint density at radius 2 is 1.84 bits per heavy atom. The van der Waals surface area contributed by atoms with E-state index in [9.17, 15) is 8.42 Å². The molecule has 0 aliphatic rings. The molecule has 0 amide bonds. The molecule has 0 bridgehead atoms. The van der Waals surface area contributed by atoms with E-state index in [1.165, 1.54) is 5.56 Å². The molecule has 1 N–H and O–H groups in total. The number of benzene rings is 1. The maximum atomic E-state index is 11.4. The first-order valence-corrected chi connectivity index (χ1v) is 9.45. The fraction of sp³-hybridized carbons (Fsp3) is 0.571. The van der Waals surface area contributed by atoms with E-state index in [1.807, 2.05) is 0 Å². The van der Waals surface area contributed by atoms with E-state index < -0.39 is 9.84 Å². The molecule has 0 heterocycles. The summed E-state index contributed by atoms with van der Waals surface area (Å²) in [4.78, 5) is 1.12. The van der Waals surface area contributed by atoms with Gasteiger partial charge in [0.25, 0.3) is 0 Å². The average molecular weight is 301 g/mol. The first-order chi connectivity index (χ1) is 8.98. The fourth-order valence-corrected chi connectivity index (χ4v) is 3.91. The highest BCUT2D eigenvalue weighted by Gasteiger charge is 2.07. The maximum Gasteiger partial charge on any atom is 0.150 e. The van der Waals surface area contributed by atoms with Gasteiger partial charge in [-0.3, -0.25) is 0 Å². The molecule has 0 fully saturated rings. The van der Waals surface area contributed by atoms with E-state index >= 15 is 0 Å². The zero-order valence-corrected chi connectivity index (χ0v) is 13.5. The summed E-state index contributed by atoms with van der Waals surface area (Å²) in [6, 6.07) is 8.68. The molecule has 1 atom stereocenters. The van der Waals surface area contributed by atoms with Gasteiger partial charge in [-0.1, -0.05) is 26.0 Å². The van der Waals surface area contributed by atoms with Crippen LogP contribution in [0.1, 0.15) is 32.4 Å². The smallest absolute Gasteiger partial charge is 0.150 e. The minimum absolute atomic E-state index is 0.229. The van der Waals surface area contributed by atoms with Gasteiger partial charge in [0, 0.05) is 22.4 Å². The van der Waals surface area contributed by atoms with Crippen LogP contribution in [0.3, 0.4) is 0 Å². The first kappa shape index (κ1) is 16.5. The molecule has 3 nitrogen and oxygen atoms in total. The summed E-state index contributed by atoms with van der Waals surface area (Å²) >= 11 is 1.60. The molecule has 0 aliphatic carbocycles. The van der Waals surface area contributed by atoms with Crippen LogP contribution in [-0.4, -0.2) is 32.2 Å². The molecule has 0 aromatic heterocycles. The van der Waals surface area contributed by atoms with Gasteiger partial charge in [-0.25, -0.2) is 8.42 Å². The summed E-state index contributed by atoms with van der Waals surface area (Å²) in [6.07, 6.45) is 0. The predicted octanol–water partition coefficient (Wildman–Crippen LogP) is 2.88. The van der Waals surface area contributed by atoms with Crippen molar-refractivity contribution in [3.05, 3.63) is 29.8 Å². The number of nitrogens with one attached hydrogen (secondary N) is 1. The summed E-state index contributed by atoms with van der Waals surface area (Å²) in [7, 11) is -2.85. The second kappa shape index (κ2) is 7.92. The highest BCUT2D eigenvalue weighted by Crippen LogP contribution is 2.21. The molecule has 0 saturated heterocycles. The monoisotopic (exact) mass is 301 g/mol. The predicted molar refractivity (Wildman–Crippen MR) is 83.6 cm³/mol. The lowest BCUT2D eigenvalue weighted by Crippen LogP contribution is -2.17. The zero-order valence-electron chi connectivity index (χ0n) is 11.8. The minimum atomic E-state index is -2.85. The molecule has 0 spiro atoms. The molecule has 0 aliphatic heterocycles. The van der Waals surface area contributed by atoms with Crippen molar-refractivity contribution in [3.8, 4) is 0 Å². The fourth-order valence-electron chi connectivity index (χ4n) is 1.71. The Labute approximate surface area is 121 Å². The largest absolute Gasteiger partial charge is 0.310 e. The molecule has 108 valence electrons. The summed E-state index contributed by atoms with van der Waals surface area (Å²) in [5.41, 5.74) is 1.26. The summed E-state index contributed by atoms with van der Waals surface area (Å²) < 4.78 is 22.8. The lowest BCUT2D eigenvalue weighted by Gasteiger charge is -2.13. The molecule has 1 rings (SSSR count). The summed E-state index contributed by atoms with van der Waals surface area (Å²) in [5, 5.41) is 3.37. The molecule has 19 heavy (non-hydrogen) atoms. The Kier molecular flexibility index (Phi) is 6.89. The molecule has 0 saturated carbocycles. The van der Waals surface area contributed by atoms with Crippen LogP contribution in [0, 0.1) is 0 Å². The number of rotatable bonds is 8. The number of sulfone groups is 1. The van der Waals surface area contributed by atoms with Gasteiger partial charge in [-0.15, -0.1) is 11.8 Å². The molecule has 1 aromatic carbocycles. The summed E-state index contributed by atoms with van der Waals surface area (Å²) in [6.45, 7) is 6.87. The van der Waals surface area contributed by atoms with Crippen LogP contribution in [-0.2, 0) is 9.84 Å².